The van der Waals surface area contributed by atoms with Crippen LogP contribution in [0.25, 0.3) is 0 Å². The van der Waals surface area contributed by atoms with E-state index in [-0.39, 0.29) is 0 Å². The third-order valence-corrected chi connectivity index (χ3v) is 3.73. The standard InChI is InChI=1S/C13H15Cl3O2/c14-8-9-6-10(15)7-12(16)13(9)18-5-3-11-2-1-4-17-11/h6-7,11H,1-5,8H2. The van der Waals surface area contributed by atoms with Gasteiger partial charge in [-0.25, -0.2) is 0 Å². The van der Waals surface area contributed by atoms with Crippen molar-refractivity contribution in [1.29, 1.82) is 0 Å². The zero-order chi connectivity index (χ0) is 13.0. The van der Waals surface area contributed by atoms with Gasteiger partial charge in [0.1, 0.15) is 5.75 Å². The molecule has 1 atom stereocenters. The molecule has 0 radical (unpaired) electrons. The molecule has 1 saturated heterocycles. The molecular weight excluding hydrogens is 294 g/mol. The van der Waals surface area contributed by atoms with E-state index in [1.165, 1.54) is 0 Å². The molecule has 1 aliphatic rings. The van der Waals surface area contributed by atoms with Crippen molar-refractivity contribution < 1.29 is 9.47 Å². The molecule has 0 N–H and O–H groups in total. The van der Waals surface area contributed by atoms with E-state index in [2.05, 4.69) is 0 Å². The Bertz CT molecular complexity index is 403. The van der Waals surface area contributed by atoms with E-state index in [0.717, 1.165) is 31.4 Å². The maximum Gasteiger partial charge on any atom is 0.142 e. The predicted molar refractivity (Wildman–Crippen MR) is 75.1 cm³/mol. The van der Waals surface area contributed by atoms with Crippen LogP contribution in [-0.4, -0.2) is 19.3 Å². The average molecular weight is 310 g/mol. The van der Waals surface area contributed by atoms with Gasteiger partial charge in [0.05, 0.1) is 23.6 Å². The molecule has 2 rings (SSSR count). The van der Waals surface area contributed by atoms with Crippen molar-refractivity contribution in [3.8, 4) is 5.75 Å². The minimum Gasteiger partial charge on any atom is -0.492 e. The van der Waals surface area contributed by atoms with Crippen LogP contribution in [0.1, 0.15) is 24.8 Å². The maximum absolute atomic E-state index is 6.11. The van der Waals surface area contributed by atoms with Gasteiger partial charge in [-0.15, -0.1) is 11.6 Å². The number of hydrogen-bond donors (Lipinski definition) is 0. The fourth-order valence-electron chi connectivity index (χ4n) is 2.04. The van der Waals surface area contributed by atoms with Crippen LogP contribution in [0.3, 0.4) is 0 Å². The van der Waals surface area contributed by atoms with E-state index >= 15 is 0 Å². The fraction of sp³-hybridized carbons (Fsp3) is 0.538. The lowest BCUT2D eigenvalue weighted by atomic mass is 10.2. The molecule has 1 aliphatic heterocycles. The van der Waals surface area contributed by atoms with Crippen LogP contribution in [0.5, 0.6) is 5.75 Å². The number of hydrogen-bond acceptors (Lipinski definition) is 2. The molecule has 1 fully saturated rings. The summed E-state index contributed by atoms with van der Waals surface area (Å²) in [5.41, 5.74) is 0.821. The van der Waals surface area contributed by atoms with Gasteiger partial charge in [0.2, 0.25) is 0 Å². The molecule has 0 spiro atoms. The number of benzene rings is 1. The van der Waals surface area contributed by atoms with Crippen molar-refractivity contribution in [2.75, 3.05) is 13.2 Å². The van der Waals surface area contributed by atoms with Gasteiger partial charge in [-0.1, -0.05) is 23.2 Å². The molecule has 0 aliphatic carbocycles. The first-order chi connectivity index (χ1) is 8.70. The molecule has 0 aromatic heterocycles. The van der Waals surface area contributed by atoms with Crippen molar-refractivity contribution in [3.05, 3.63) is 27.7 Å². The minimum absolute atomic E-state index is 0.315. The molecule has 0 bridgehead atoms. The first-order valence-corrected chi connectivity index (χ1v) is 7.28. The highest BCUT2D eigenvalue weighted by Crippen LogP contribution is 2.33. The molecule has 1 heterocycles. The minimum atomic E-state index is 0.315. The summed E-state index contributed by atoms with van der Waals surface area (Å²) >= 11 is 17.9. The van der Waals surface area contributed by atoms with Gasteiger partial charge in [-0.05, 0) is 25.0 Å². The highest BCUT2D eigenvalue weighted by molar-refractivity contribution is 6.35. The van der Waals surface area contributed by atoms with E-state index in [1.807, 2.05) is 0 Å². The number of rotatable bonds is 5. The zero-order valence-electron chi connectivity index (χ0n) is 9.93. The molecule has 0 amide bonds. The monoisotopic (exact) mass is 308 g/mol. The summed E-state index contributed by atoms with van der Waals surface area (Å²) < 4.78 is 11.3. The largest absolute Gasteiger partial charge is 0.492 e. The Morgan fingerprint density at radius 2 is 2.17 bits per heavy atom. The molecular formula is C13H15Cl3O2. The summed E-state index contributed by atoms with van der Waals surface area (Å²) in [6, 6.07) is 3.45. The predicted octanol–water partition coefficient (Wildman–Crippen LogP) is 4.68. The van der Waals surface area contributed by atoms with Crippen molar-refractivity contribution >= 4 is 34.8 Å². The third-order valence-electron chi connectivity index (χ3n) is 2.94. The first kappa shape index (κ1) is 14.3. The Hall–Kier alpha value is -0.150. The fourth-order valence-corrected chi connectivity index (χ4v) is 2.83. The summed E-state index contributed by atoms with van der Waals surface area (Å²) in [4.78, 5) is 0. The van der Waals surface area contributed by atoms with Gasteiger partial charge in [-0.2, -0.15) is 0 Å². The summed E-state index contributed by atoms with van der Waals surface area (Å²) in [6.07, 6.45) is 3.44. The molecule has 5 heteroatoms. The molecule has 1 aromatic rings. The SMILES string of the molecule is ClCc1cc(Cl)cc(Cl)c1OCCC1CCCO1. The third kappa shape index (κ3) is 3.67. The second-order valence-corrected chi connectivity index (χ2v) is 5.39. The normalized spacial score (nSPS) is 19.2. The quantitative estimate of drug-likeness (QED) is 0.735. The van der Waals surface area contributed by atoms with Crippen molar-refractivity contribution in [2.45, 2.75) is 31.2 Å². The van der Waals surface area contributed by atoms with Gasteiger partial charge in [-0.3, -0.25) is 0 Å². The summed E-state index contributed by atoms with van der Waals surface area (Å²) in [7, 11) is 0. The van der Waals surface area contributed by atoms with Crippen LogP contribution in [0.4, 0.5) is 0 Å². The lowest BCUT2D eigenvalue weighted by Gasteiger charge is -2.14. The highest BCUT2D eigenvalue weighted by Gasteiger charge is 2.16. The van der Waals surface area contributed by atoms with Crippen LogP contribution in [-0.2, 0) is 10.6 Å². The van der Waals surface area contributed by atoms with Crippen LogP contribution in [0.15, 0.2) is 12.1 Å². The zero-order valence-corrected chi connectivity index (χ0v) is 12.2. The van der Waals surface area contributed by atoms with Crippen LogP contribution in [0, 0.1) is 0 Å². The van der Waals surface area contributed by atoms with E-state index in [0.29, 0.717) is 34.4 Å². The van der Waals surface area contributed by atoms with E-state index in [4.69, 9.17) is 44.3 Å². The Morgan fingerprint density at radius 1 is 1.33 bits per heavy atom. The number of ether oxygens (including phenoxy) is 2. The van der Waals surface area contributed by atoms with Crippen molar-refractivity contribution in [3.63, 3.8) is 0 Å². The molecule has 0 saturated carbocycles. The summed E-state index contributed by atoms with van der Waals surface area (Å²) in [6.45, 7) is 1.44. The lowest BCUT2D eigenvalue weighted by Crippen LogP contribution is -2.11. The second-order valence-electron chi connectivity index (χ2n) is 4.28. The van der Waals surface area contributed by atoms with Gasteiger partial charge in [0, 0.05) is 23.6 Å². The Morgan fingerprint density at radius 3 is 2.83 bits per heavy atom. The van der Waals surface area contributed by atoms with Gasteiger partial charge >= 0.3 is 0 Å². The molecule has 2 nitrogen and oxygen atoms in total. The van der Waals surface area contributed by atoms with Crippen LogP contribution >= 0.6 is 34.8 Å². The lowest BCUT2D eigenvalue weighted by molar-refractivity contribution is 0.0902. The summed E-state index contributed by atoms with van der Waals surface area (Å²) in [5.74, 6) is 0.962. The van der Waals surface area contributed by atoms with Crippen molar-refractivity contribution in [1.82, 2.24) is 0 Å². The maximum atomic E-state index is 6.11. The smallest absolute Gasteiger partial charge is 0.142 e. The van der Waals surface area contributed by atoms with Gasteiger partial charge < -0.3 is 9.47 Å². The van der Waals surface area contributed by atoms with Gasteiger partial charge in [0.25, 0.3) is 0 Å². The van der Waals surface area contributed by atoms with E-state index in [9.17, 15) is 0 Å². The Balaban J connectivity index is 1.95. The van der Waals surface area contributed by atoms with Crippen LogP contribution < -0.4 is 4.74 Å². The number of alkyl halides is 1. The Labute approximate surface area is 122 Å². The topological polar surface area (TPSA) is 18.5 Å². The number of halogens is 3. The Kier molecular flexibility index (Phi) is 5.43. The molecule has 1 unspecified atom stereocenters. The highest BCUT2D eigenvalue weighted by atomic mass is 35.5. The van der Waals surface area contributed by atoms with Crippen molar-refractivity contribution in [2.24, 2.45) is 0 Å². The molecule has 18 heavy (non-hydrogen) atoms. The molecule has 1 aromatic carbocycles. The first-order valence-electron chi connectivity index (χ1n) is 5.99. The average Bonchev–Trinajstić information content (AvgIpc) is 2.84. The second kappa shape index (κ2) is 6.85. The summed E-state index contributed by atoms with van der Waals surface area (Å²) in [5, 5.41) is 1.08. The van der Waals surface area contributed by atoms with Gasteiger partial charge in [0.15, 0.2) is 0 Å². The van der Waals surface area contributed by atoms with E-state index in [1.54, 1.807) is 12.1 Å². The van der Waals surface area contributed by atoms with Crippen LogP contribution in [0.2, 0.25) is 10.0 Å². The van der Waals surface area contributed by atoms with E-state index < -0.39 is 0 Å². The molecule has 100 valence electrons.